The molecular formula is C16H13N3O3S2. The van der Waals surface area contributed by atoms with Gasteiger partial charge in [0.05, 0.1) is 4.88 Å². The number of thiazole rings is 1. The minimum absolute atomic E-state index is 0.184. The molecule has 3 N–H and O–H groups in total. The van der Waals surface area contributed by atoms with Crippen LogP contribution in [0.5, 0.6) is 5.75 Å². The lowest BCUT2D eigenvalue weighted by molar-refractivity contribution is -0.119. The van der Waals surface area contributed by atoms with Crippen molar-refractivity contribution in [1.29, 1.82) is 0 Å². The number of nitrogens with zero attached hydrogens (tertiary/aromatic N) is 1. The van der Waals surface area contributed by atoms with Gasteiger partial charge in [-0.05, 0) is 35.7 Å². The SMILES string of the molecule is NC(=O)COc1ccc(NC(=O)c2csc(-c3cccs3)n2)cc1. The zero-order valence-corrected chi connectivity index (χ0v) is 14.0. The fourth-order valence-corrected chi connectivity index (χ4v) is 3.49. The quantitative estimate of drug-likeness (QED) is 0.707. The Labute approximate surface area is 145 Å². The molecule has 2 heterocycles. The Morgan fingerprint density at radius 1 is 1.17 bits per heavy atom. The van der Waals surface area contributed by atoms with Crippen molar-refractivity contribution in [2.75, 3.05) is 11.9 Å². The highest BCUT2D eigenvalue weighted by Crippen LogP contribution is 2.28. The monoisotopic (exact) mass is 359 g/mol. The summed E-state index contributed by atoms with van der Waals surface area (Å²) in [7, 11) is 0. The van der Waals surface area contributed by atoms with Gasteiger partial charge < -0.3 is 15.8 Å². The zero-order valence-electron chi connectivity index (χ0n) is 12.4. The van der Waals surface area contributed by atoms with E-state index in [0.717, 1.165) is 9.88 Å². The fourth-order valence-electron chi connectivity index (χ4n) is 1.88. The molecule has 0 unspecified atom stereocenters. The van der Waals surface area contributed by atoms with Crippen molar-refractivity contribution in [3.05, 3.63) is 52.9 Å². The summed E-state index contributed by atoms with van der Waals surface area (Å²) in [6.45, 7) is -0.184. The normalized spacial score (nSPS) is 10.3. The summed E-state index contributed by atoms with van der Waals surface area (Å²) in [5.41, 5.74) is 5.99. The molecule has 0 saturated heterocycles. The standard InChI is InChI=1S/C16H13N3O3S2/c17-14(20)8-22-11-5-3-10(4-6-11)18-15(21)12-9-24-16(19-12)13-2-1-7-23-13/h1-7,9H,8H2,(H2,17,20)(H,18,21). The van der Waals surface area contributed by atoms with Gasteiger partial charge in [0.2, 0.25) is 0 Å². The molecule has 24 heavy (non-hydrogen) atoms. The second-order valence-corrected chi connectivity index (χ2v) is 6.55. The first-order chi connectivity index (χ1) is 11.6. The van der Waals surface area contributed by atoms with Gasteiger partial charge in [0.1, 0.15) is 16.5 Å². The van der Waals surface area contributed by atoms with E-state index in [9.17, 15) is 9.59 Å². The minimum Gasteiger partial charge on any atom is -0.484 e. The number of ether oxygens (including phenoxy) is 1. The van der Waals surface area contributed by atoms with E-state index in [1.165, 1.54) is 11.3 Å². The van der Waals surface area contributed by atoms with E-state index in [0.29, 0.717) is 17.1 Å². The first-order valence-corrected chi connectivity index (χ1v) is 8.69. The Morgan fingerprint density at radius 2 is 1.96 bits per heavy atom. The van der Waals surface area contributed by atoms with Gasteiger partial charge in [-0.3, -0.25) is 9.59 Å². The van der Waals surface area contributed by atoms with Crippen LogP contribution in [0.1, 0.15) is 10.5 Å². The molecule has 122 valence electrons. The number of primary amides is 1. The number of hydrogen-bond acceptors (Lipinski definition) is 6. The number of rotatable bonds is 6. The highest BCUT2D eigenvalue weighted by molar-refractivity contribution is 7.20. The van der Waals surface area contributed by atoms with Crippen LogP contribution in [0.2, 0.25) is 0 Å². The number of amides is 2. The summed E-state index contributed by atoms with van der Waals surface area (Å²) < 4.78 is 5.16. The van der Waals surface area contributed by atoms with Crippen LogP contribution in [0.3, 0.4) is 0 Å². The van der Waals surface area contributed by atoms with Crippen LogP contribution in [0.15, 0.2) is 47.2 Å². The Bertz CT molecular complexity index is 842. The average Bonchev–Trinajstić information content (AvgIpc) is 3.25. The topological polar surface area (TPSA) is 94.3 Å². The molecule has 0 radical (unpaired) electrons. The molecule has 0 aliphatic rings. The van der Waals surface area contributed by atoms with Gasteiger partial charge in [-0.25, -0.2) is 4.98 Å². The maximum Gasteiger partial charge on any atom is 0.275 e. The van der Waals surface area contributed by atoms with Gasteiger partial charge >= 0.3 is 0 Å². The first kappa shape index (κ1) is 16.2. The van der Waals surface area contributed by atoms with Crippen LogP contribution < -0.4 is 15.8 Å². The van der Waals surface area contributed by atoms with E-state index in [1.807, 2.05) is 17.5 Å². The van der Waals surface area contributed by atoms with Crippen molar-refractivity contribution in [3.63, 3.8) is 0 Å². The summed E-state index contributed by atoms with van der Waals surface area (Å²) in [6.07, 6.45) is 0. The lowest BCUT2D eigenvalue weighted by Gasteiger charge is -2.06. The van der Waals surface area contributed by atoms with Crippen LogP contribution in [-0.2, 0) is 4.79 Å². The second kappa shape index (κ2) is 7.24. The van der Waals surface area contributed by atoms with Crippen LogP contribution in [-0.4, -0.2) is 23.4 Å². The molecular weight excluding hydrogens is 346 g/mol. The van der Waals surface area contributed by atoms with Gasteiger partial charge in [-0.2, -0.15) is 0 Å². The molecule has 3 rings (SSSR count). The van der Waals surface area contributed by atoms with Gasteiger partial charge in [0.25, 0.3) is 11.8 Å². The van der Waals surface area contributed by atoms with Gasteiger partial charge in [0, 0.05) is 11.1 Å². The molecule has 3 aromatic rings. The Balaban J connectivity index is 1.63. The number of thiophene rings is 1. The van der Waals surface area contributed by atoms with E-state index in [2.05, 4.69) is 10.3 Å². The average molecular weight is 359 g/mol. The molecule has 0 fully saturated rings. The van der Waals surface area contributed by atoms with E-state index in [4.69, 9.17) is 10.5 Å². The molecule has 0 saturated carbocycles. The number of aromatic nitrogens is 1. The molecule has 0 spiro atoms. The van der Waals surface area contributed by atoms with Crippen molar-refractivity contribution in [3.8, 4) is 15.6 Å². The van der Waals surface area contributed by atoms with E-state index >= 15 is 0 Å². The van der Waals surface area contributed by atoms with Crippen LogP contribution in [0, 0.1) is 0 Å². The summed E-state index contributed by atoms with van der Waals surface area (Å²) in [5, 5.41) is 7.30. The van der Waals surface area contributed by atoms with Crippen molar-refractivity contribution >= 4 is 40.2 Å². The molecule has 6 nitrogen and oxygen atoms in total. The summed E-state index contributed by atoms with van der Waals surface area (Å²) in [5.74, 6) is -0.322. The Morgan fingerprint density at radius 3 is 2.62 bits per heavy atom. The first-order valence-electron chi connectivity index (χ1n) is 6.94. The van der Waals surface area contributed by atoms with Gasteiger partial charge in [-0.1, -0.05) is 6.07 Å². The van der Waals surface area contributed by atoms with Gasteiger partial charge in [0.15, 0.2) is 6.61 Å². The van der Waals surface area contributed by atoms with Crippen LogP contribution in [0.25, 0.3) is 9.88 Å². The molecule has 2 aromatic heterocycles. The van der Waals surface area contributed by atoms with Crippen molar-refractivity contribution in [2.24, 2.45) is 5.73 Å². The smallest absolute Gasteiger partial charge is 0.275 e. The van der Waals surface area contributed by atoms with Crippen molar-refractivity contribution < 1.29 is 14.3 Å². The summed E-state index contributed by atoms with van der Waals surface area (Å²) >= 11 is 3.02. The van der Waals surface area contributed by atoms with Crippen molar-refractivity contribution in [1.82, 2.24) is 4.98 Å². The zero-order chi connectivity index (χ0) is 16.9. The number of benzene rings is 1. The van der Waals surface area contributed by atoms with Crippen LogP contribution >= 0.6 is 22.7 Å². The number of anilines is 1. The maximum absolute atomic E-state index is 12.2. The molecule has 0 aliphatic carbocycles. The third kappa shape index (κ3) is 3.98. The summed E-state index contributed by atoms with van der Waals surface area (Å²) in [4.78, 5) is 28.3. The lowest BCUT2D eigenvalue weighted by Crippen LogP contribution is -2.20. The minimum atomic E-state index is -0.544. The molecule has 0 bridgehead atoms. The van der Waals surface area contributed by atoms with E-state index in [-0.39, 0.29) is 12.5 Å². The fraction of sp³-hybridized carbons (Fsp3) is 0.0625. The summed E-state index contributed by atoms with van der Waals surface area (Å²) in [6, 6.07) is 10.6. The molecule has 0 atom stereocenters. The maximum atomic E-state index is 12.2. The highest BCUT2D eigenvalue weighted by Gasteiger charge is 2.12. The van der Waals surface area contributed by atoms with Crippen LogP contribution in [0.4, 0.5) is 5.69 Å². The molecule has 2 amide bonds. The number of nitrogens with one attached hydrogen (secondary N) is 1. The Kier molecular flexibility index (Phi) is 4.88. The predicted octanol–water partition coefficient (Wildman–Crippen LogP) is 2.99. The number of nitrogens with two attached hydrogens (primary N) is 1. The second-order valence-electron chi connectivity index (χ2n) is 4.75. The lowest BCUT2D eigenvalue weighted by atomic mass is 10.3. The number of hydrogen-bond donors (Lipinski definition) is 2. The van der Waals surface area contributed by atoms with E-state index in [1.54, 1.807) is 41.0 Å². The predicted molar refractivity (Wildman–Crippen MR) is 94.5 cm³/mol. The molecule has 0 aliphatic heterocycles. The van der Waals surface area contributed by atoms with E-state index < -0.39 is 5.91 Å². The third-order valence-electron chi connectivity index (χ3n) is 2.96. The third-order valence-corrected chi connectivity index (χ3v) is 4.84. The molecule has 1 aromatic carbocycles. The number of carbonyl (C=O) groups is 2. The van der Waals surface area contributed by atoms with Gasteiger partial charge in [-0.15, -0.1) is 22.7 Å². The number of carbonyl (C=O) groups excluding carboxylic acids is 2. The molecule has 8 heteroatoms. The van der Waals surface area contributed by atoms with Crippen molar-refractivity contribution in [2.45, 2.75) is 0 Å². The Hall–Kier alpha value is -2.71. The largest absolute Gasteiger partial charge is 0.484 e. The highest BCUT2D eigenvalue weighted by atomic mass is 32.1.